The van der Waals surface area contributed by atoms with Crippen molar-refractivity contribution in [1.82, 2.24) is 5.32 Å². The first-order valence-electron chi connectivity index (χ1n) is 9.25. The lowest BCUT2D eigenvalue weighted by Gasteiger charge is -2.21. The van der Waals surface area contributed by atoms with Crippen molar-refractivity contribution in [3.05, 3.63) is 0 Å². The molecule has 0 aromatic rings. The molecule has 3 aliphatic carbocycles. The van der Waals surface area contributed by atoms with Crippen LogP contribution < -0.4 is 5.32 Å². The number of ether oxygens (including phenoxy) is 1. The van der Waals surface area contributed by atoms with Gasteiger partial charge < -0.3 is 10.1 Å². The Kier molecular flexibility index (Phi) is 5.56. The van der Waals surface area contributed by atoms with Gasteiger partial charge in [-0.25, -0.2) is 0 Å². The third-order valence-electron chi connectivity index (χ3n) is 5.74. The maximum atomic E-state index is 12.0. The first-order chi connectivity index (χ1) is 10.4. The Morgan fingerprint density at radius 3 is 2.43 bits per heavy atom. The zero-order valence-electron chi connectivity index (χ0n) is 13.3. The Balaban J connectivity index is 1.14. The van der Waals surface area contributed by atoms with E-state index in [9.17, 15) is 4.79 Å². The Labute approximate surface area is 129 Å². The third-order valence-corrected chi connectivity index (χ3v) is 5.74. The predicted octanol–water partition coefficient (Wildman–Crippen LogP) is 3.67. The van der Waals surface area contributed by atoms with Crippen LogP contribution in [0.15, 0.2) is 0 Å². The number of fused-ring (bicyclic) bond motifs is 1. The van der Waals surface area contributed by atoms with Crippen molar-refractivity contribution in [1.29, 1.82) is 0 Å². The van der Waals surface area contributed by atoms with E-state index in [1.807, 2.05) is 0 Å². The molecule has 3 heteroatoms. The highest BCUT2D eigenvalue weighted by Crippen LogP contribution is 2.57. The molecule has 3 nitrogen and oxygen atoms in total. The molecule has 3 rings (SSSR count). The van der Waals surface area contributed by atoms with Crippen LogP contribution >= 0.6 is 0 Å². The van der Waals surface area contributed by atoms with E-state index in [0.29, 0.717) is 17.9 Å². The number of unbranched alkanes of at least 4 members (excludes halogenated alkanes) is 2. The summed E-state index contributed by atoms with van der Waals surface area (Å²) in [5.41, 5.74) is 0. The minimum atomic E-state index is 0.336. The van der Waals surface area contributed by atoms with Gasteiger partial charge >= 0.3 is 0 Å². The van der Waals surface area contributed by atoms with Gasteiger partial charge in [0.2, 0.25) is 5.91 Å². The molecular formula is C18H31NO2. The molecule has 0 radical (unpaired) electrons. The summed E-state index contributed by atoms with van der Waals surface area (Å²) in [6.45, 7) is 1.77. The number of amides is 1. The van der Waals surface area contributed by atoms with Gasteiger partial charge in [0.1, 0.15) is 0 Å². The fraction of sp³-hybridized carbons (Fsp3) is 0.944. The first kappa shape index (κ1) is 15.3. The third kappa shape index (κ3) is 4.21. The van der Waals surface area contributed by atoms with Gasteiger partial charge in [0.15, 0.2) is 0 Å². The number of nitrogens with one attached hydrogen (secondary N) is 1. The molecule has 0 saturated heterocycles. The van der Waals surface area contributed by atoms with E-state index in [1.54, 1.807) is 0 Å². The Morgan fingerprint density at radius 2 is 1.67 bits per heavy atom. The van der Waals surface area contributed by atoms with E-state index in [1.165, 1.54) is 57.8 Å². The van der Waals surface area contributed by atoms with Crippen LogP contribution in [0, 0.1) is 17.8 Å². The lowest BCUT2D eigenvalue weighted by atomic mass is 9.98. The highest BCUT2D eigenvalue weighted by Gasteiger charge is 2.56. The molecule has 2 atom stereocenters. The molecule has 1 amide bonds. The molecule has 3 aliphatic rings. The average molecular weight is 293 g/mol. The molecule has 3 fully saturated rings. The average Bonchev–Trinajstić information content (AvgIpc) is 3.00. The summed E-state index contributed by atoms with van der Waals surface area (Å²) in [6.07, 6.45) is 14.5. The smallest absolute Gasteiger partial charge is 0.223 e. The van der Waals surface area contributed by atoms with Crippen molar-refractivity contribution in [2.24, 2.45) is 17.8 Å². The fourth-order valence-electron chi connectivity index (χ4n) is 4.43. The van der Waals surface area contributed by atoms with Gasteiger partial charge in [-0.15, -0.1) is 0 Å². The number of carbonyl (C=O) groups excluding carboxylic acids is 1. The van der Waals surface area contributed by atoms with Gasteiger partial charge in [-0.3, -0.25) is 4.79 Å². The summed E-state index contributed by atoms with van der Waals surface area (Å²) in [6, 6.07) is 0. The van der Waals surface area contributed by atoms with Gasteiger partial charge in [0.25, 0.3) is 0 Å². The highest BCUT2D eigenvalue weighted by atomic mass is 16.5. The van der Waals surface area contributed by atoms with E-state index in [4.69, 9.17) is 4.74 Å². The fourth-order valence-corrected chi connectivity index (χ4v) is 4.43. The van der Waals surface area contributed by atoms with Crippen molar-refractivity contribution >= 4 is 5.91 Å². The minimum absolute atomic E-state index is 0.336. The molecule has 0 aromatic carbocycles. The molecule has 1 N–H and O–H groups in total. The number of hydrogen-bond donors (Lipinski definition) is 1. The van der Waals surface area contributed by atoms with E-state index in [0.717, 1.165) is 37.8 Å². The van der Waals surface area contributed by atoms with Crippen LogP contribution in [0.3, 0.4) is 0 Å². The topological polar surface area (TPSA) is 38.3 Å². The molecule has 21 heavy (non-hydrogen) atoms. The number of hydrogen-bond acceptors (Lipinski definition) is 2. The summed E-state index contributed by atoms with van der Waals surface area (Å²) in [5, 5.41) is 3.13. The molecule has 0 unspecified atom stereocenters. The predicted molar refractivity (Wildman–Crippen MR) is 84.0 cm³/mol. The van der Waals surface area contributed by atoms with E-state index in [2.05, 4.69) is 5.32 Å². The van der Waals surface area contributed by atoms with E-state index < -0.39 is 0 Å². The largest absolute Gasteiger partial charge is 0.378 e. The van der Waals surface area contributed by atoms with Crippen LogP contribution in [0.4, 0.5) is 0 Å². The highest BCUT2D eigenvalue weighted by molar-refractivity contribution is 5.82. The summed E-state index contributed by atoms with van der Waals surface area (Å²) in [4.78, 5) is 12.0. The zero-order chi connectivity index (χ0) is 14.5. The lowest BCUT2D eigenvalue weighted by molar-refractivity contribution is -0.123. The number of carbonyl (C=O) groups is 1. The van der Waals surface area contributed by atoms with Gasteiger partial charge in [-0.2, -0.15) is 0 Å². The molecule has 0 aliphatic heterocycles. The van der Waals surface area contributed by atoms with Crippen LogP contribution in [0.25, 0.3) is 0 Å². The molecule has 3 saturated carbocycles. The molecule has 0 aromatic heterocycles. The zero-order valence-corrected chi connectivity index (χ0v) is 13.3. The van der Waals surface area contributed by atoms with Crippen LogP contribution in [0.5, 0.6) is 0 Å². The maximum absolute atomic E-state index is 12.0. The summed E-state index contributed by atoms with van der Waals surface area (Å²) >= 11 is 0. The van der Waals surface area contributed by atoms with Crippen molar-refractivity contribution in [3.63, 3.8) is 0 Å². The molecule has 0 bridgehead atoms. The molecule has 0 heterocycles. The summed E-state index contributed by atoms with van der Waals surface area (Å²) < 4.78 is 5.92. The monoisotopic (exact) mass is 293 g/mol. The Morgan fingerprint density at radius 1 is 0.905 bits per heavy atom. The van der Waals surface area contributed by atoms with Gasteiger partial charge in [0, 0.05) is 19.1 Å². The second kappa shape index (κ2) is 7.62. The molecule has 120 valence electrons. The van der Waals surface area contributed by atoms with Gasteiger partial charge in [-0.05, 0) is 56.8 Å². The lowest BCUT2D eigenvalue weighted by Crippen LogP contribution is -2.27. The van der Waals surface area contributed by atoms with Crippen molar-refractivity contribution in [2.75, 3.05) is 13.2 Å². The first-order valence-corrected chi connectivity index (χ1v) is 9.25. The molecular weight excluding hydrogens is 262 g/mol. The molecule has 0 spiro atoms. The van der Waals surface area contributed by atoms with Crippen LogP contribution in [0.1, 0.15) is 70.6 Å². The van der Waals surface area contributed by atoms with Crippen molar-refractivity contribution in [2.45, 2.75) is 76.7 Å². The van der Waals surface area contributed by atoms with Crippen LogP contribution in [-0.2, 0) is 9.53 Å². The summed E-state index contributed by atoms with van der Waals surface area (Å²) in [7, 11) is 0. The van der Waals surface area contributed by atoms with Crippen LogP contribution in [-0.4, -0.2) is 25.2 Å². The SMILES string of the molecule is O=C(NCCCCCOC1CCCCC1)C1[C@H]2CCC[C@H]12. The Bertz CT molecular complexity index is 328. The second-order valence-corrected chi connectivity index (χ2v) is 7.27. The van der Waals surface area contributed by atoms with Gasteiger partial charge in [-0.1, -0.05) is 25.7 Å². The normalized spacial score (nSPS) is 31.9. The van der Waals surface area contributed by atoms with Crippen molar-refractivity contribution in [3.8, 4) is 0 Å². The summed E-state index contributed by atoms with van der Waals surface area (Å²) in [5.74, 6) is 2.21. The van der Waals surface area contributed by atoms with Gasteiger partial charge in [0.05, 0.1) is 6.10 Å². The minimum Gasteiger partial charge on any atom is -0.378 e. The van der Waals surface area contributed by atoms with Crippen LogP contribution in [0.2, 0.25) is 0 Å². The standard InChI is InChI=1S/C18H31NO2/c20-18(17-15-10-7-11-16(15)17)19-12-5-2-6-13-21-14-8-3-1-4-9-14/h14-17H,1-13H2,(H,19,20)/t15-,16-/m0/s1. The van der Waals surface area contributed by atoms with E-state index >= 15 is 0 Å². The second-order valence-electron chi connectivity index (χ2n) is 7.27. The Hall–Kier alpha value is -0.570. The maximum Gasteiger partial charge on any atom is 0.223 e. The van der Waals surface area contributed by atoms with Crippen molar-refractivity contribution < 1.29 is 9.53 Å². The number of rotatable bonds is 8. The quantitative estimate of drug-likeness (QED) is 0.693. The van der Waals surface area contributed by atoms with E-state index in [-0.39, 0.29) is 0 Å².